The van der Waals surface area contributed by atoms with E-state index in [1.807, 2.05) is 6.07 Å². The Balaban J connectivity index is 0.00000133. The minimum atomic E-state index is -0.00740. The molecule has 3 rings (SSSR count). The first-order valence-corrected chi connectivity index (χ1v) is 6.99. The first-order chi connectivity index (χ1) is 8.83. The highest BCUT2D eigenvalue weighted by molar-refractivity contribution is 5.95. The van der Waals surface area contributed by atoms with E-state index in [0.717, 1.165) is 31.5 Å². The Hall–Kier alpha value is -1.06. The Morgan fingerprint density at radius 1 is 1.16 bits per heavy atom. The van der Waals surface area contributed by atoms with Crippen LogP contribution in [0.2, 0.25) is 0 Å². The summed E-state index contributed by atoms with van der Waals surface area (Å²) in [5.41, 5.74) is 3.81. The lowest BCUT2D eigenvalue weighted by atomic mass is 10.0. The zero-order valence-electron chi connectivity index (χ0n) is 11.1. The van der Waals surface area contributed by atoms with Crippen LogP contribution >= 0.6 is 12.4 Å². The first-order valence-electron chi connectivity index (χ1n) is 6.99. The van der Waals surface area contributed by atoms with E-state index < -0.39 is 0 Å². The highest BCUT2D eigenvalue weighted by Crippen LogP contribution is 2.25. The quantitative estimate of drug-likeness (QED) is 0.874. The van der Waals surface area contributed by atoms with Gasteiger partial charge in [0.25, 0.3) is 0 Å². The van der Waals surface area contributed by atoms with Crippen LogP contribution in [0.3, 0.4) is 0 Å². The molecule has 1 atom stereocenters. The fraction of sp³-hybridized carbons (Fsp3) is 0.533. The van der Waals surface area contributed by atoms with Gasteiger partial charge in [-0.2, -0.15) is 0 Å². The van der Waals surface area contributed by atoms with Crippen molar-refractivity contribution in [3.8, 4) is 0 Å². The lowest BCUT2D eigenvalue weighted by Crippen LogP contribution is -2.43. The van der Waals surface area contributed by atoms with Gasteiger partial charge in [0.15, 0.2) is 0 Å². The van der Waals surface area contributed by atoms with Crippen molar-refractivity contribution in [1.82, 2.24) is 5.32 Å². The highest BCUT2D eigenvalue weighted by Gasteiger charge is 2.20. The number of benzene rings is 1. The van der Waals surface area contributed by atoms with Crippen molar-refractivity contribution in [3.05, 3.63) is 29.3 Å². The third-order valence-corrected chi connectivity index (χ3v) is 3.99. The Bertz CT molecular complexity index is 455. The number of hydrogen-bond acceptors (Lipinski definition) is 2. The maximum absolute atomic E-state index is 12.1. The zero-order valence-corrected chi connectivity index (χ0v) is 11.9. The molecule has 0 radical (unpaired) electrons. The molecule has 0 unspecified atom stereocenters. The van der Waals surface area contributed by atoms with Crippen LogP contribution in [0.1, 0.15) is 36.8 Å². The van der Waals surface area contributed by atoms with Crippen LogP contribution in [0.4, 0.5) is 5.69 Å². The van der Waals surface area contributed by atoms with Gasteiger partial charge >= 0.3 is 0 Å². The Labute approximate surface area is 120 Å². The van der Waals surface area contributed by atoms with E-state index in [0.29, 0.717) is 0 Å². The molecule has 2 N–H and O–H groups in total. The molecule has 104 valence electrons. The summed E-state index contributed by atoms with van der Waals surface area (Å²) in [6, 6.07) is 6.33. The van der Waals surface area contributed by atoms with Crippen molar-refractivity contribution in [2.45, 2.75) is 44.6 Å². The van der Waals surface area contributed by atoms with E-state index >= 15 is 0 Å². The van der Waals surface area contributed by atoms with Gasteiger partial charge in [-0.1, -0.05) is 12.5 Å². The molecule has 1 aliphatic carbocycles. The van der Waals surface area contributed by atoms with Crippen LogP contribution < -0.4 is 10.6 Å². The lowest BCUT2D eigenvalue weighted by Gasteiger charge is -2.22. The van der Waals surface area contributed by atoms with E-state index in [4.69, 9.17) is 0 Å². The van der Waals surface area contributed by atoms with Crippen LogP contribution in [0.25, 0.3) is 0 Å². The first kappa shape index (κ1) is 14.4. The molecule has 19 heavy (non-hydrogen) atoms. The predicted octanol–water partition coefficient (Wildman–Crippen LogP) is 2.68. The van der Waals surface area contributed by atoms with E-state index in [2.05, 4.69) is 22.8 Å². The molecule has 2 aliphatic rings. The van der Waals surface area contributed by atoms with Gasteiger partial charge in [0.05, 0.1) is 6.04 Å². The fourth-order valence-corrected chi connectivity index (χ4v) is 2.95. The van der Waals surface area contributed by atoms with Crippen LogP contribution in [0.5, 0.6) is 0 Å². The van der Waals surface area contributed by atoms with Gasteiger partial charge in [-0.05, 0) is 61.9 Å². The molecule has 1 amide bonds. The van der Waals surface area contributed by atoms with Crippen LogP contribution in [-0.2, 0) is 17.6 Å². The average molecular weight is 281 g/mol. The van der Waals surface area contributed by atoms with Crippen molar-refractivity contribution in [3.63, 3.8) is 0 Å². The predicted molar refractivity (Wildman–Crippen MR) is 80.0 cm³/mol. The molecule has 1 aliphatic heterocycles. The third kappa shape index (κ3) is 3.28. The number of hydrogen-bond donors (Lipinski definition) is 2. The number of carbonyl (C=O) groups excluding carboxylic acids is 1. The number of carbonyl (C=O) groups is 1. The number of nitrogens with one attached hydrogen (secondary N) is 2. The van der Waals surface area contributed by atoms with Crippen molar-refractivity contribution in [2.24, 2.45) is 0 Å². The summed E-state index contributed by atoms with van der Waals surface area (Å²) < 4.78 is 0. The topological polar surface area (TPSA) is 41.1 Å². The zero-order chi connectivity index (χ0) is 12.4. The average Bonchev–Trinajstić information content (AvgIpc) is 2.87. The highest BCUT2D eigenvalue weighted by atomic mass is 35.5. The second-order valence-electron chi connectivity index (χ2n) is 5.33. The maximum Gasteiger partial charge on any atom is 0.241 e. The summed E-state index contributed by atoms with van der Waals surface area (Å²) in [4.78, 5) is 12.1. The molecule has 1 fully saturated rings. The van der Waals surface area contributed by atoms with Crippen LogP contribution in [0.15, 0.2) is 18.2 Å². The summed E-state index contributed by atoms with van der Waals surface area (Å²) in [5, 5.41) is 6.32. The summed E-state index contributed by atoms with van der Waals surface area (Å²) in [5.74, 6) is 0.118. The van der Waals surface area contributed by atoms with E-state index in [9.17, 15) is 4.79 Å². The molecular weight excluding hydrogens is 260 g/mol. The van der Waals surface area contributed by atoms with Crippen molar-refractivity contribution >= 4 is 24.0 Å². The van der Waals surface area contributed by atoms with Crippen LogP contribution in [-0.4, -0.2) is 18.5 Å². The largest absolute Gasteiger partial charge is 0.325 e. The summed E-state index contributed by atoms with van der Waals surface area (Å²) in [6.45, 7) is 0.961. The smallest absolute Gasteiger partial charge is 0.241 e. The maximum atomic E-state index is 12.1. The van der Waals surface area contributed by atoms with Crippen molar-refractivity contribution in [1.29, 1.82) is 0 Å². The lowest BCUT2D eigenvalue weighted by molar-refractivity contribution is -0.118. The van der Waals surface area contributed by atoms with Crippen molar-refractivity contribution in [2.75, 3.05) is 11.9 Å². The van der Waals surface area contributed by atoms with Gasteiger partial charge in [-0.25, -0.2) is 0 Å². The number of rotatable bonds is 2. The Morgan fingerprint density at radius 3 is 2.79 bits per heavy atom. The molecule has 0 bridgehead atoms. The fourth-order valence-electron chi connectivity index (χ4n) is 2.95. The normalized spacial score (nSPS) is 21.4. The number of amides is 1. The Morgan fingerprint density at radius 2 is 2.00 bits per heavy atom. The minimum Gasteiger partial charge on any atom is -0.325 e. The molecule has 1 heterocycles. The summed E-state index contributed by atoms with van der Waals surface area (Å²) in [7, 11) is 0. The Kier molecular flexibility index (Phi) is 4.83. The van der Waals surface area contributed by atoms with Gasteiger partial charge in [-0.15, -0.1) is 12.4 Å². The van der Waals surface area contributed by atoms with E-state index in [1.165, 1.54) is 30.4 Å². The van der Waals surface area contributed by atoms with Gasteiger partial charge in [0.1, 0.15) is 0 Å². The SMILES string of the molecule is Cl.O=C(Nc1ccc2c(c1)CCC2)[C@@H]1CCCCN1. The van der Waals surface area contributed by atoms with Crippen molar-refractivity contribution < 1.29 is 4.79 Å². The monoisotopic (exact) mass is 280 g/mol. The molecule has 3 nitrogen and oxygen atoms in total. The summed E-state index contributed by atoms with van der Waals surface area (Å²) in [6.07, 6.45) is 6.88. The second-order valence-corrected chi connectivity index (χ2v) is 5.33. The summed E-state index contributed by atoms with van der Waals surface area (Å²) >= 11 is 0. The standard InChI is InChI=1S/C15H20N2O.ClH/c18-15(14-6-1-2-9-16-14)17-13-8-7-11-4-3-5-12(11)10-13;/h7-8,10,14,16H,1-6,9H2,(H,17,18);1H/t14-;/m0./s1. The van der Waals surface area contributed by atoms with Gasteiger partial charge in [0, 0.05) is 5.69 Å². The molecule has 0 spiro atoms. The van der Waals surface area contributed by atoms with Gasteiger partial charge in [0.2, 0.25) is 5.91 Å². The molecule has 0 saturated carbocycles. The number of piperidine rings is 1. The minimum absolute atomic E-state index is 0. The van der Waals surface area contributed by atoms with Gasteiger partial charge in [-0.3, -0.25) is 4.79 Å². The van der Waals surface area contributed by atoms with E-state index in [1.54, 1.807) is 0 Å². The number of anilines is 1. The number of fused-ring (bicyclic) bond motifs is 1. The second kappa shape index (κ2) is 6.40. The number of halogens is 1. The third-order valence-electron chi connectivity index (χ3n) is 3.99. The molecule has 4 heteroatoms. The molecule has 1 aromatic rings. The number of aryl methyl sites for hydroxylation is 2. The van der Waals surface area contributed by atoms with Gasteiger partial charge < -0.3 is 10.6 Å². The van der Waals surface area contributed by atoms with Crippen LogP contribution in [0, 0.1) is 0 Å². The molecular formula is C15H21ClN2O. The molecule has 0 aromatic heterocycles. The molecule has 1 aromatic carbocycles. The van der Waals surface area contributed by atoms with E-state index in [-0.39, 0.29) is 24.4 Å². The molecule has 1 saturated heterocycles.